The zero-order valence-electron chi connectivity index (χ0n) is 11.0. The summed E-state index contributed by atoms with van der Waals surface area (Å²) in [6, 6.07) is 11.4. The maximum Gasteiger partial charge on any atom is 0.254 e. The first-order valence-corrected chi connectivity index (χ1v) is 7.07. The second kappa shape index (κ2) is 5.63. The third kappa shape index (κ3) is 2.99. The highest BCUT2D eigenvalue weighted by Gasteiger charge is 2.33. The molecular formula is C16H15ClN2O. The fourth-order valence-corrected chi connectivity index (χ4v) is 2.42. The highest BCUT2D eigenvalue weighted by molar-refractivity contribution is 6.30. The number of hydrogen-bond acceptors (Lipinski definition) is 2. The Balaban J connectivity index is 1.82. The molecule has 1 aliphatic rings. The molecule has 0 radical (unpaired) electrons. The van der Waals surface area contributed by atoms with Crippen molar-refractivity contribution < 1.29 is 4.79 Å². The molecule has 3 rings (SSSR count). The average Bonchev–Trinajstić information content (AvgIpc) is 3.30. The molecule has 1 aromatic carbocycles. The fourth-order valence-electron chi connectivity index (χ4n) is 2.23. The molecule has 102 valence electrons. The Morgan fingerprint density at radius 1 is 1.25 bits per heavy atom. The molecule has 0 bridgehead atoms. The number of rotatable bonds is 4. The van der Waals surface area contributed by atoms with Gasteiger partial charge in [-0.25, -0.2) is 0 Å². The van der Waals surface area contributed by atoms with Gasteiger partial charge < -0.3 is 4.90 Å². The lowest BCUT2D eigenvalue weighted by Crippen LogP contribution is -2.32. The van der Waals surface area contributed by atoms with E-state index in [2.05, 4.69) is 4.98 Å². The van der Waals surface area contributed by atoms with Crippen molar-refractivity contribution in [2.75, 3.05) is 0 Å². The van der Waals surface area contributed by atoms with Crippen LogP contribution < -0.4 is 0 Å². The first-order valence-electron chi connectivity index (χ1n) is 6.69. The van der Waals surface area contributed by atoms with Crippen LogP contribution >= 0.6 is 11.6 Å². The van der Waals surface area contributed by atoms with Crippen LogP contribution in [0.15, 0.2) is 48.8 Å². The largest absolute Gasteiger partial charge is 0.331 e. The maximum atomic E-state index is 12.6. The molecular weight excluding hydrogens is 272 g/mol. The Bertz CT molecular complexity index is 611. The summed E-state index contributed by atoms with van der Waals surface area (Å²) in [7, 11) is 0. The lowest BCUT2D eigenvalue weighted by molar-refractivity contribution is 0.0730. The van der Waals surface area contributed by atoms with Crippen LogP contribution in [0, 0.1) is 0 Å². The van der Waals surface area contributed by atoms with E-state index in [9.17, 15) is 4.79 Å². The molecule has 0 spiro atoms. The number of carbonyl (C=O) groups is 1. The van der Waals surface area contributed by atoms with E-state index in [0.29, 0.717) is 23.2 Å². The second-order valence-corrected chi connectivity index (χ2v) is 5.47. The zero-order valence-corrected chi connectivity index (χ0v) is 11.8. The number of hydrogen-bond donors (Lipinski definition) is 0. The molecule has 1 fully saturated rings. The van der Waals surface area contributed by atoms with Crippen LogP contribution in [-0.2, 0) is 6.54 Å². The Kier molecular flexibility index (Phi) is 3.70. The summed E-state index contributed by atoms with van der Waals surface area (Å²) in [5.41, 5.74) is 1.75. The van der Waals surface area contributed by atoms with Crippen LogP contribution in [0.3, 0.4) is 0 Å². The molecule has 1 amide bonds. The Labute approximate surface area is 123 Å². The molecule has 0 N–H and O–H groups in total. The van der Waals surface area contributed by atoms with Crippen molar-refractivity contribution in [3.63, 3.8) is 0 Å². The van der Waals surface area contributed by atoms with Gasteiger partial charge in [0.05, 0.1) is 0 Å². The molecule has 2 aromatic rings. The van der Waals surface area contributed by atoms with E-state index in [1.54, 1.807) is 24.5 Å². The molecule has 0 unspecified atom stereocenters. The lowest BCUT2D eigenvalue weighted by atomic mass is 10.1. The monoisotopic (exact) mass is 286 g/mol. The number of pyridine rings is 1. The van der Waals surface area contributed by atoms with E-state index < -0.39 is 0 Å². The van der Waals surface area contributed by atoms with Gasteiger partial charge in [-0.05, 0) is 48.7 Å². The quantitative estimate of drug-likeness (QED) is 0.861. The third-order valence-electron chi connectivity index (χ3n) is 3.42. The summed E-state index contributed by atoms with van der Waals surface area (Å²) in [6.45, 7) is 0.624. The number of nitrogens with zero attached hydrogens (tertiary/aromatic N) is 2. The number of halogens is 1. The first-order chi connectivity index (χ1) is 9.74. The van der Waals surface area contributed by atoms with E-state index in [4.69, 9.17) is 11.6 Å². The Morgan fingerprint density at radius 3 is 2.65 bits per heavy atom. The van der Waals surface area contributed by atoms with Gasteiger partial charge in [0.1, 0.15) is 0 Å². The van der Waals surface area contributed by atoms with Gasteiger partial charge in [-0.2, -0.15) is 0 Å². The predicted molar refractivity (Wildman–Crippen MR) is 78.6 cm³/mol. The Hall–Kier alpha value is -1.87. The van der Waals surface area contributed by atoms with Crippen LogP contribution in [0.5, 0.6) is 0 Å². The molecule has 1 saturated carbocycles. The lowest BCUT2D eigenvalue weighted by Gasteiger charge is -2.22. The number of benzene rings is 1. The van der Waals surface area contributed by atoms with Crippen molar-refractivity contribution in [1.29, 1.82) is 0 Å². The average molecular weight is 287 g/mol. The molecule has 0 atom stereocenters. The molecule has 1 aromatic heterocycles. The third-order valence-corrected chi connectivity index (χ3v) is 3.66. The molecule has 1 aliphatic carbocycles. The van der Waals surface area contributed by atoms with Crippen LogP contribution in [0.4, 0.5) is 0 Å². The zero-order chi connectivity index (χ0) is 13.9. The highest BCUT2D eigenvalue weighted by Crippen LogP contribution is 2.30. The van der Waals surface area contributed by atoms with Gasteiger partial charge in [-0.15, -0.1) is 0 Å². The number of amides is 1. The van der Waals surface area contributed by atoms with Gasteiger partial charge in [-0.1, -0.05) is 17.7 Å². The second-order valence-electron chi connectivity index (χ2n) is 5.03. The minimum Gasteiger partial charge on any atom is -0.331 e. The van der Waals surface area contributed by atoms with E-state index >= 15 is 0 Å². The van der Waals surface area contributed by atoms with Gasteiger partial charge in [0.25, 0.3) is 5.91 Å². The van der Waals surface area contributed by atoms with Crippen molar-refractivity contribution in [1.82, 2.24) is 9.88 Å². The molecule has 1 heterocycles. The standard InChI is InChI=1S/C16H15ClN2O/c17-14-3-1-2-13(10-14)16(20)19(15-4-5-15)11-12-6-8-18-9-7-12/h1-3,6-10,15H,4-5,11H2. The summed E-state index contributed by atoms with van der Waals surface area (Å²) in [6.07, 6.45) is 5.67. The van der Waals surface area contributed by atoms with E-state index in [-0.39, 0.29) is 5.91 Å². The summed E-state index contributed by atoms with van der Waals surface area (Å²) < 4.78 is 0. The summed E-state index contributed by atoms with van der Waals surface area (Å²) >= 11 is 5.97. The van der Waals surface area contributed by atoms with Crippen molar-refractivity contribution in [2.45, 2.75) is 25.4 Å². The summed E-state index contributed by atoms with van der Waals surface area (Å²) in [5, 5.41) is 0.593. The van der Waals surface area contributed by atoms with Crippen molar-refractivity contribution in [3.05, 3.63) is 64.9 Å². The van der Waals surface area contributed by atoms with Crippen LogP contribution in [0.1, 0.15) is 28.8 Å². The Morgan fingerprint density at radius 2 is 2.00 bits per heavy atom. The molecule has 4 heteroatoms. The maximum absolute atomic E-state index is 12.6. The van der Waals surface area contributed by atoms with Crippen molar-refractivity contribution >= 4 is 17.5 Å². The fraction of sp³-hybridized carbons (Fsp3) is 0.250. The summed E-state index contributed by atoms with van der Waals surface area (Å²) in [5.74, 6) is 0.0480. The minimum absolute atomic E-state index is 0.0480. The number of aromatic nitrogens is 1. The van der Waals surface area contributed by atoms with Gasteiger partial charge in [0, 0.05) is 35.6 Å². The highest BCUT2D eigenvalue weighted by atomic mass is 35.5. The van der Waals surface area contributed by atoms with Crippen molar-refractivity contribution in [2.24, 2.45) is 0 Å². The van der Waals surface area contributed by atoms with Gasteiger partial charge in [0.15, 0.2) is 0 Å². The first kappa shape index (κ1) is 13.1. The van der Waals surface area contributed by atoms with Gasteiger partial charge in [0.2, 0.25) is 0 Å². The molecule has 3 nitrogen and oxygen atoms in total. The van der Waals surface area contributed by atoms with Crippen molar-refractivity contribution in [3.8, 4) is 0 Å². The van der Waals surface area contributed by atoms with Gasteiger partial charge in [-0.3, -0.25) is 9.78 Å². The van der Waals surface area contributed by atoms with Gasteiger partial charge >= 0.3 is 0 Å². The molecule has 20 heavy (non-hydrogen) atoms. The molecule has 0 saturated heterocycles. The van der Waals surface area contributed by atoms with E-state index in [1.807, 2.05) is 29.2 Å². The number of carbonyl (C=O) groups excluding carboxylic acids is 1. The smallest absolute Gasteiger partial charge is 0.254 e. The van der Waals surface area contributed by atoms with Crippen LogP contribution in [0.25, 0.3) is 0 Å². The molecule has 0 aliphatic heterocycles. The SMILES string of the molecule is O=C(c1cccc(Cl)c1)N(Cc1ccncc1)C1CC1. The van der Waals surface area contributed by atoms with Crippen LogP contribution in [0.2, 0.25) is 5.02 Å². The summed E-state index contributed by atoms with van der Waals surface area (Å²) in [4.78, 5) is 18.6. The minimum atomic E-state index is 0.0480. The normalized spacial score (nSPS) is 14.1. The topological polar surface area (TPSA) is 33.2 Å². The predicted octanol–water partition coefficient (Wildman–Crippen LogP) is 3.54. The van der Waals surface area contributed by atoms with E-state index in [0.717, 1.165) is 18.4 Å². The van der Waals surface area contributed by atoms with Crippen LogP contribution in [-0.4, -0.2) is 21.8 Å². The van der Waals surface area contributed by atoms with E-state index in [1.165, 1.54) is 0 Å².